The van der Waals surface area contributed by atoms with Crippen molar-refractivity contribution in [2.75, 3.05) is 18.4 Å². The minimum atomic E-state index is -1.16. The Bertz CT molecular complexity index is 451. The molecule has 1 aromatic heterocycles. The number of nitrogens with one attached hydrogen (secondary N) is 1. The predicted molar refractivity (Wildman–Crippen MR) is 62.4 cm³/mol. The zero-order valence-electron chi connectivity index (χ0n) is 10.0. The molecule has 0 spiro atoms. The molecule has 7 heteroatoms. The molecule has 0 aromatic carbocycles. The van der Waals surface area contributed by atoms with Crippen LogP contribution in [0.1, 0.15) is 30.3 Å². The predicted octanol–water partition coefficient (Wildman–Crippen LogP) is 0.796. The average molecular weight is 253 g/mol. The van der Waals surface area contributed by atoms with Gasteiger partial charge in [0.25, 0.3) is 6.01 Å². The molecule has 1 fully saturated rings. The topological polar surface area (TPSA) is 95.7 Å². The van der Waals surface area contributed by atoms with Crippen LogP contribution in [-0.4, -0.2) is 46.0 Å². The van der Waals surface area contributed by atoms with Gasteiger partial charge >= 0.3 is 5.97 Å². The summed E-state index contributed by atoms with van der Waals surface area (Å²) in [5, 5.41) is 11.5. The maximum absolute atomic E-state index is 12.0. The Labute approximate surface area is 104 Å². The molecule has 2 N–H and O–H groups in total. The van der Waals surface area contributed by atoms with E-state index < -0.39 is 12.0 Å². The van der Waals surface area contributed by atoms with Gasteiger partial charge in [0.2, 0.25) is 5.91 Å². The van der Waals surface area contributed by atoms with Crippen LogP contribution in [0.3, 0.4) is 0 Å². The van der Waals surface area contributed by atoms with E-state index in [2.05, 4.69) is 10.3 Å². The summed E-state index contributed by atoms with van der Waals surface area (Å²) in [7, 11) is 0. The molecule has 1 aromatic rings. The number of rotatable bonds is 4. The number of anilines is 1. The lowest BCUT2D eigenvalue weighted by molar-refractivity contribution is -0.130. The quantitative estimate of drug-likeness (QED) is 0.823. The SMILES string of the molecule is CC(Nc1nc(C(=O)O)co1)C(=O)N1CCCC1. The fraction of sp³-hybridized carbons (Fsp3) is 0.545. The molecule has 0 aliphatic carbocycles. The third-order valence-corrected chi connectivity index (χ3v) is 2.85. The van der Waals surface area contributed by atoms with E-state index in [9.17, 15) is 9.59 Å². The van der Waals surface area contributed by atoms with Crippen molar-refractivity contribution in [1.29, 1.82) is 0 Å². The van der Waals surface area contributed by atoms with Gasteiger partial charge in [-0.2, -0.15) is 4.98 Å². The lowest BCUT2D eigenvalue weighted by atomic mass is 10.3. The molecule has 7 nitrogen and oxygen atoms in total. The summed E-state index contributed by atoms with van der Waals surface area (Å²) in [6.07, 6.45) is 3.10. The highest BCUT2D eigenvalue weighted by Crippen LogP contribution is 2.13. The number of aromatic carboxylic acids is 1. The Morgan fingerprint density at radius 3 is 2.72 bits per heavy atom. The zero-order valence-corrected chi connectivity index (χ0v) is 10.0. The summed E-state index contributed by atoms with van der Waals surface area (Å²) >= 11 is 0. The van der Waals surface area contributed by atoms with Gasteiger partial charge in [0.15, 0.2) is 5.69 Å². The summed E-state index contributed by atoms with van der Waals surface area (Å²) in [6.45, 7) is 3.25. The van der Waals surface area contributed by atoms with E-state index in [1.165, 1.54) is 0 Å². The Kier molecular flexibility index (Phi) is 3.50. The highest BCUT2D eigenvalue weighted by atomic mass is 16.4. The molecule has 2 rings (SSSR count). The fourth-order valence-corrected chi connectivity index (χ4v) is 1.90. The first kappa shape index (κ1) is 12.4. The molecule has 1 amide bonds. The van der Waals surface area contributed by atoms with E-state index >= 15 is 0 Å². The molecule has 1 aliphatic heterocycles. The Morgan fingerprint density at radius 2 is 2.17 bits per heavy atom. The molecule has 1 aliphatic rings. The molecule has 1 unspecified atom stereocenters. The number of likely N-dealkylation sites (tertiary alicyclic amines) is 1. The summed E-state index contributed by atoms with van der Waals surface area (Å²) < 4.78 is 4.94. The summed E-state index contributed by atoms with van der Waals surface area (Å²) in [5.74, 6) is -1.19. The number of hydrogen-bond acceptors (Lipinski definition) is 5. The molecule has 0 bridgehead atoms. The van der Waals surface area contributed by atoms with Crippen LogP contribution in [0.2, 0.25) is 0 Å². The number of carbonyl (C=O) groups excluding carboxylic acids is 1. The first-order valence-electron chi connectivity index (χ1n) is 5.82. The summed E-state index contributed by atoms with van der Waals surface area (Å²) in [4.78, 5) is 28.1. The number of hydrogen-bond donors (Lipinski definition) is 2. The van der Waals surface area contributed by atoms with Crippen LogP contribution < -0.4 is 5.32 Å². The van der Waals surface area contributed by atoms with Crippen LogP contribution in [0.15, 0.2) is 10.7 Å². The minimum Gasteiger partial charge on any atom is -0.476 e. The van der Waals surface area contributed by atoms with E-state index in [4.69, 9.17) is 9.52 Å². The number of carboxylic acid groups (broad SMARTS) is 1. The van der Waals surface area contributed by atoms with Gasteiger partial charge in [-0.05, 0) is 19.8 Å². The minimum absolute atomic E-state index is 0.0254. The second-order valence-corrected chi connectivity index (χ2v) is 4.24. The Morgan fingerprint density at radius 1 is 1.50 bits per heavy atom. The third kappa shape index (κ3) is 2.61. The lowest BCUT2D eigenvalue weighted by Gasteiger charge is -2.20. The smallest absolute Gasteiger partial charge is 0.357 e. The van der Waals surface area contributed by atoms with Crippen molar-refractivity contribution in [3.8, 4) is 0 Å². The first-order valence-corrected chi connectivity index (χ1v) is 5.82. The monoisotopic (exact) mass is 253 g/mol. The number of carboxylic acids is 1. The van der Waals surface area contributed by atoms with Crippen LogP contribution in [-0.2, 0) is 4.79 Å². The van der Waals surface area contributed by atoms with E-state index in [0.717, 1.165) is 32.2 Å². The molecule has 0 saturated carbocycles. The van der Waals surface area contributed by atoms with E-state index in [-0.39, 0.29) is 17.6 Å². The Balaban J connectivity index is 1.95. The van der Waals surface area contributed by atoms with Crippen molar-refractivity contribution in [3.63, 3.8) is 0 Å². The number of oxazole rings is 1. The standard InChI is InChI=1S/C11H15N3O4/c1-7(9(15)14-4-2-3-5-14)12-11-13-8(6-18-11)10(16)17/h6-7H,2-5H2,1H3,(H,12,13)(H,16,17). The van der Waals surface area contributed by atoms with Crippen LogP contribution in [0.5, 0.6) is 0 Å². The van der Waals surface area contributed by atoms with Gasteiger partial charge in [-0.25, -0.2) is 4.79 Å². The van der Waals surface area contributed by atoms with Crippen molar-refractivity contribution >= 4 is 17.9 Å². The molecular weight excluding hydrogens is 238 g/mol. The molecule has 18 heavy (non-hydrogen) atoms. The van der Waals surface area contributed by atoms with Crippen LogP contribution >= 0.6 is 0 Å². The van der Waals surface area contributed by atoms with Gasteiger partial charge in [-0.3, -0.25) is 4.79 Å². The molecule has 1 atom stereocenters. The first-order chi connectivity index (χ1) is 8.58. The van der Waals surface area contributed by atoms with Gasteiger partial charge in [-0.15, -0.1) is 0 Å². The zero-order chi connectivity index (χ0) is 13.1. The third-order valence-electron chi connectivity index (χ3n) is 2.85. The summed E-state index contributed by atoms with van der Waals surface area (Å²) in [6, 6.07) is -0.434. The van der Waals surface area contributed by atoms with Crippen molar-refractivity contribution in [3.05, 3.63) is 12.0 Å². The second kappa shape index (κ2) is 5.07. The van der Waals surface area contributed by atoms with E-state index in [1.54, 1.807) is 11.8 Å². The second-order valence-electron chi connectivity index (χ2n) is 4.24. The fourth-order valence-electron chi connectivity index (χ4n) is 1.90. The molecule has 1 saturated heterocycles. The van der Waals surface area contributed by atoms with Gasteiger partial charge in [-0.1, -0.05) is 0 Å². The maximum atomic E-state index is 12.0. The molecule has 0 radical (unpaired) electrons. The van der Waals surface area contributed by atoms with Crippen LogP contribution in [0, 0.1) is 0 Å². The Hall–Kier alpha value is -2.05. The van der Waals surface area contributed by atoms with Gasteiger partial charge in [0.1, 0.15) is 12.3 Å². The van der Waals surface area contributed by atoms with Crippen molar-refractivity contribution in [1.82, 2.24) is 9.88 Å². The lowest BCUT2D eigenvalue weighted by Crippen LogP contribution is -2.39. The molecule has 2 heterocycles. The molecular formula is C11H15N3O4. The summed E-state index contributed by atoms with van der Waals surface area (Å²) in [5.41, 5.74) is -0.182. The van der Waals surface area contributed by atoms with Crippen LogP contribution in [0.25, 0.3) is 0 Å². The highest BCUT2D eigenvalue weighted by molar-refractivity contribution is 5.86. The van der Waals surface area contributed by atoms with Crippen molar-refractivity contribution in [2.45, 2.75) is 25.8 Å². The normalized spacial score (nSPS) is 16.6. The molecule has 98 valence electrons. The number of amides is 1. The van der Waals surface area contributed by atoms with Crippen molar-refractivity contribution < 1.29 is 19.1 Å². The number of aromatic nitrogens is 1. The van der Waals surface area contributed by atoms with Crippen molar-refractivity contribution in [2.24, 2.45) is 0 Å². The number of carbonyl (C=O) groups is 2. The maximum Gasteiger partial charge on any atom is 0.357 e. The number of nitrogens with zero attached hydrogens (tertiary/aromatic N) is 2. The van der Waals surface area contributed by atoms with E-state index in [1.807, 2.05) is 0 Å². The largest absolute Gasteiger partial charge is 0.476 e. The van der Waals surface area contributed by atoms with Gasteiger partial charge in [0, 0.05) is 13.1 Å². The average Bonchev–Trinajstić information content (AvgIpc) is 2.98. The van der Waals surface area contributed by atoms with Gasteiger partial charge < -0.3 is 19.7 Å². The van der Waals surface area contributed by atoms with Crippen LogP contribution in [0.4, 0.5) is 6.01 Å². The van der Waals surface area contributed by atoms with E-state index in [0.29, 0.717) is 0 Å². The highest BCUT2D eigenvalue weighted by Gasteiger charge is 2.24. The van der Waals surface area contributed by atoms with Gasteiger partial charge in [0.05, 0.1) is 0 Å².